The number of hydrogen-bond acceptors (Lipinski definition) is 3. The minimum Gasteiger partial charge on any atom is -0.228 e. The van der Waals surface area contributed by atoms with Gasteiger partial charge in [-0.2, -0.15) is 0 Å². The number of aromatic nitrogens is 2. The Labute approximate surface area is 357 Å². The summed E-state index contributed by atoms with van der Waals surface area (Å²) in [4.78, 5) is 10.6. The molecular weight excluding hydrogens is 757 g/mol. The van der Waals surface area contributed by atoms with E-state index in [2.05, 4.69) is 218 Å². The van der Waals surface area contributed by atoms with Gasteiger partial charge in [0.2, 0.25) is 0 Å². The molecule has 2 nitrogen and oxygen atoms in total. The van der Waals surface area contributed by atoms with Crippen molar-refractivity contribution in [1.29, 1.82) is 0 Å². The first-order valence-corrected chi connectivity index (χ1v) is 21.5. The number of nitrogens with zero attached hydrogens (tertiary/aromatic N) is 2. The van der Waals surface area contributed by atoms with Crippen LogP contribution in [0.2, 0.25) is 0 Å². The molecule has 0 N–H and O–H groups in total. The van der Waals surface area contributed by atoms with Gasteiger partial charge in [-0.25, -0.2) is 9.97 Å². The molecule has 0 radical (unpaired) electrons. The first-order valence-electron chi connectivity index (χ1n) is 20.7. The van der Waals surface area contributed by atoms with Crippen molar-refractivity contribution in [2.45, 2.75) is 0 Å². The Bertz CT molecular complexity index is 3620. The monoisotopic (exact) mass is 792 g/mol. The Kier molecular flexibility index (Phi) is 8.39. The molecule has 0 spiro atoms. The zero-order valence-corrected chi connectivity index (χ0v) is 33.9. The van der Waals surface area contributed by atoms with E-state index in [0.29, 0.717) is 5.82 Å². The minimum absolute atomic E-state index is 0.691. The minimum atomic E-state index is 0.691. The van der Waals surface area contributed by atoms with Crippen LogP contribution >= 0.6 is 11.3 Å². The highest BCUT2D eigenvalue weighted by Crippen LogP contribution is 2.42. The molecule has 0 saturated carbocycles. The highest BCUT2D eigenvalue weighted by atomic mass is 32.1. The Morgan fingerprint density at radius 2 is 0.902 bits per heavy atom. The summed E-state index contributed by atoms with van der Waals surface area (Å²) in [5.74, 6) is 0.691. The van der Waals surface area contributed by atoms with Crippen LogP contribution in [0.4, 0.5) is 0 Å². The van der Waals surface area contributed by atoms with Crippen LogP contribution in [-0.2, 0) is 0 Å². The molecule has 2 heterocycles. The van der Waals surface area contributed by atoms with Crippen LogP contribution in [0, 0.1) is 0 Å². The fourth-order valence-electron chi connectivity index (χ4n) is 9.11. The van der Waals surface area contributed by atoms with Gasteiger partial charge in [0, 0.05) is 36.9 Å². The van der Waals surface area contributed by atoms with Gasteiger partial charge in [0.1, 0.15) is 0 Å². The zero-order valence-electron chi connectivity index (χ0n) is 33.1. The van der Waals surface area contributed by atoms with E-state index in [4.69, 9.17) is 9.97 Å². The molecule has 284 valence electrons. The average molecular weight is 793 g/mol. The topological polar surface area (TPSA) is 25.8 Å². The molecule has 12 rings (SSSR count). The Morgan fingerprint density at radius 3 is 1.74 bits per heavy atom. The number of hydrogen-bond donors (Lipinski definition) is 0. The lowest BCUT2D eigenvalue weighted by molar-refractivity contribution is 1.18. The molecule has 0 aliphatic carbocycles. The van der Waals surface area contributed by atoms with E-state index in [1.807, 2.05) is 11.3 Å². The molecule has 0 aliphatic rings. The van der Waals surface area contributed by atoms with Gasteiger partial charge in [0.25, 0.3) is 0 Å². The normalized spacial score (nSPS) is 11.6. The molecule has 0 aliphatic heterocycles. The van der Waals surface area contributed by atoms with Crippen molar-refractivity contribution >= 4 is 63.8 Å². The quantitative estimate of drug-likeness (QED) is 0.124. The number of rotatable bonds is 6. The molecule has 0 saturated heterocycles. The van der Waals surface area contributed by atoms with Crippen molar-refractivity contribution in [1.82, 2.24) is 9.97 Å². The van der Waals surface area contributed by atoms with Crippen LogP contribution in [-0.4, -0.2) is 9.97 Å². The molecular formula is C58H36N2S. The summed E-state index contributed by atoms with van der Waals surface area (Å²) in [5.41, 5.74) is 12.0. The van der Waals surface area contributed by atoms with E-state index in [0.717, 1.165) is 39.2 Å². The number of fused-ring (bicyclic) bond motifs is 7. The van der Waals surface area contributed by atoms with Crippen LogP contribution in [0.1, 0.15) is 0 Å². The lowest BCUT2D eigenvalue weighted by Crippen LogP contribution is -1.96. The fourth-order valence-corrected chi connectivity index (χ4v) is 10.2. The van der Waals surface area contributed by atoms with Gasteiger partial charge in [-0.1, -0.05) is 188 Å². The molecule has 10 aromatic carbocycles. The maximum atomic E-state index is 5.29. The van der Waals surface area contributed by atoms with E-state index >= 15 is 0 Å². The van der Waals surface area contributed by atoms with E-state index < -0.39 is 0 Å². The summed E-state index contributed by atoms with van der Waals surface area (Å²) in [7, 11) is 0. The van der Waals surface area contributed by atoms with Gasteiger partial charge in [-0.3, -0.25) is 0 Å². The largest absolute Gasteiger partial charge is 0.228 e. The van der Waals surface area contributed by atoms with Crippen LogP contribution < -0.4 is 0 Å². The van der Waals surface area contributed by atoms with Crippen LogP contribution in [0.15, 0.2) is 218 Å². The van der Waals surface area contributed by atoms with Gasteiger partial charge < -0.3 is 0 Å². The van der Waals surface area contributed by atoms with Crippen LogP contribution in [0.3, 0.4) is 0 Å². The van der Waals surface area contributed by atoms with E-state index in [1.165, 1.54) is 74.7 Å². The third-order valence-electron chi connectivity index (χ3n) is 12.1. The Morgan fingerprint density at radius 1 is 0.295 bits per heavy atom. The van der Waals surface area contributed by atoms with Gasteiger partial charge in [0.15, 0.2) is 5.82 Å². The maximum Gasteiger partial charge on any atom is 0.160 e. The maximum absolute atomic E-state index is 5.29. The highest BCUT2D eigenvalue weighted by molar-refractivity contribution is 7.25. The second-order valence-corrected chi connectivity index (χ2v) is 16.8. The second-order valence-electron chi connectivity index (χ2n) is 15.7. The predicted molar refractivity (Wildman–Crippen MR) is 260 cm³/mol. The second kappa shape index (κ2) is 14.5. The van der Waals surface area contributed by atoms with Gasteiger partial charge in [-0.05, 0) is 96.0 Å². The molecule has 0 bridgehead atoms. The molecule has 0 unspecified atom stereocenters. The lowest BCUT2D eigenvalue weighted by atomic mass is 9.89. The highest BCUT2D eigenvalue weighted by Gasteiger charge is 2.16. The van der Waals surface area contributed by atoms with Crippen molar-refractivity contribution in [2.75, 3.05) is 0 Å². The van der Waals surface area contributed by atoms with Crippen molar-refractivity contribution < 1.29 is 0 Å². The predicted octanol–water partition coefficient (Wildman–Crippen LogP) is 16.3. The molecule has 0 fully saturated rings. The number of thiophene rings is 1. The molecule has 0 atom stereocenters. The summed E-state index contributed by atoms with van der Waals surface area (Å²) in [6.45, 7) is 0. The third-order valence-corrected chi connectivity index (χ3v) is 13.2. The van der Waals surface area contributed by atoms with Crippen molar-refractivity contribution in [3.63, 3.8) is 0 Å². The van der Waals surface area contributed by atoms with Crippen LogP contribution in [0.5, 0.6) is 0 Å². The summed E-state index contributed by atoms with van der Waals surface area (Å²) in [6, 6.07) is 78.7. The fraction of sp³-hybridized carbons (Fsp3) is 0. The SMILES string of the molecule is c1ccc(-c2cccc(-c3cc(-c4ccc(-c5cccc6sc7ccccc7c56)cc4)nc(-c4ccc(-c5c6ccccc6cc6c5ccc5ccccc56)cc4)n3)c2)cc1. The summed E-state index contributed by atoms with van der Waals surface area (Å²) in [6.07, 6.45) is 0. The van der Waals surface area contributed by atoms with Gasteiger partial charge in [0.05, 0.1) is 11.4 Å². The molecule has 3 heteroatoms. The molecule has 2 aromatic heterocycles. The Hall–Kier alpha value is -7.72. The van der Waals surface area contributed by atoms with Crippen molar-refractivity contribution in [2.24, 2.45) is 0 Å². The average Bonchev–Trinajstić information content (AvgIpc) is 3.73. The smallest absolute Gasteiger partial charge is 0.160 e. The first kappa shape index (κ1) is 35.2. The molecule has 61 heavy (non-hydrogen) atoms. The van der Waals surface area contributed by atoms with E-state index in [9.17, 15) is 0 Å². The lowest BCUT2D eigenvalue weighted by Gasteiger charge is -2.15. The molecule has 12 aromatic rings. The van der Waals surface area contributed by atoms with Gasteiger partial charge >= 0.3 is 0 Å². The van der Waals surface area contributed by atoms with E-state index in [-0.39, 0.29) is 0 Å². The standard InChI is InChI=1S/C58H36N2S/c1-2-12-37(13-3-1)43-16-10-17-45(34-43)53-36-52(40-26-24-39(25-27-40)47-21-11-23-55-57(47)50-20-8-9-22-54(50)61-55)59-58(60-53)42-30-28-41(29-31-42)56-48-19-7-5-15-44(48)35-51-46-18-6-4-14-38(46)32-33-49(51)56/h1-36H. The first-order chi connectivity index (χ1) is 30.2. The van der Waals surface area contributed by atoms with Crippen LogP contribution in [0.25, 0.3) is 120 Å². The van der Waals surface area contributed by atoms with Crippen molar-refractivity contribution in [3.8, 4) is 67.3 Å². The van der Waals surface area contributed by atoms with E-state index in [1.54, 1.807) is 0 Å². The summed E-state index contributed by atoms with van der Waals surface area (Å²) < 4.78 is 2.62. The number of benzene rings is 10. The summed E-state index contributed by atoms with van der Waals surface area (Å²) in [5, 5.41) is 10.1. The zero-order chi connectivity index (χ0) is 40.3. The van der Waals surface area contributed by atoms with Gasteiger partial charge in [-0.15, -0.1) is 11.3 Å². The summed E-state index contributed by atoms with van der Waals surface area (Å²) >= 11 is 1.85. The molecule has 0 amide bonds. The van der Waals surface area contributed by atoms with Crippen molar-refractivity contribution in [3.05, 3.63) is 218 Å². The third kappa shape index (κ3) is 6.18. The Balaban J connectivity index is 0.985.